The van der Waals surface area contributed by atoms with Crippen LogP contribution in [0.25, 0.3) is 0 Å². The number of carbonyl (C=O) groups excluding carboxylic acids is 2. The third-order valence-electron chi connectivity index (χ3n) is 10.9. The monoisotopic (exact) mass is 770 g/mol. The zero-order valence-electron chi connectivity index (χ0n) is 35.8. The van der Waals surface area contributed by atoms with E-state index in [1.165, 1.54) is 133 Å². The predicted molar refractivity (Wildman–Crippen MR) is 233 cm³/mol. The molecule has 6 nitrogen and oxygen atoms in total. The first-order chi connectivity index (χ1) is 27.6. The van der Waals surface area contributed by atoms with Crippen LogP contribution < -0.4 is 14.0 Å². The lowest BCUT2D eigenvalue weighted by molar-refractivity contribution is -0.701. The summed E-state index contributed by atoms with van der Waals surface area (Å²) in [6.45, 7) is 8.69. The predicted octanol–water partition coefficient (Wildman–Crippen LogP) is 13.6. The van der Waals surface area contributed by atoms with Gasteiger partial charge < -0.3 is 9.47 Å². The van der Waals surface area contributed by atoms with Gasteiger partial charge >= 0.3 is 0 Å². The van der Waals surface area contributed by atoms with Crippen molar-refractivity contribution in [2.24, 2.45) is 0 Å². The van der Waals surface area contributed by atoms with Crippen molar-refractivity contribution in [2.75, 3.05) is 13.2 Å². The van der Waals surface area contributed by atoms with E-state index in [0.717, 1.165) is 37.9 Å². The number of rotatable bonds is 33. The topological polar surface area (TPSA) is 59.7 Å². The second-order valence-corrected chi connectivity index (χ2v) is 15.7. The molecule has 2 aromatic carbocycles. The van der Waals surface area contributed by atoms with E-state index in [-0.39, 0.29) is 18.4 Å². The third-order valence-corrected chi connectivity index (χ3v) is 10.9. The molecule has 0 fully saturated rings. The molecule has 3 aromatic rings. The van der Waals surface area contributed by atoms with Crippen molar-refractivity contribution in [1.82, 2.24) is 4.90 Å². The van der Waals surface area contributed by atoms with Gasteiger partial charge in [0, 0.05) is 23.3 Å². The first kappa shape index (κ1) is 46.7. The van der Waals surface area contributed by atoms with Crippen LogP contribution in [0.15, 0.2) is 72.9 Å². The largest absolute Gasteiger partial charge is 0.490 e. The summed E-state index contributed by atoms with van der Waals surface area (Å²) < 4.78 is 14.8. The highest BCUT2D eigenvalue weighted by atomic mass is 16.5. The molecule has 0 aliphatic carbocycles. The molecule has 0 radical (unpaired) electrons. The van der Waals surface area contributed by atoms with Crippen LogP contribution in [-0.2, 0) is 13.1 Å². The van der Waals surface area contributed by atoms with Gasteiger partial charge in [-0.2, -0.15) is 0 Å². The van der Waals surface area contributed by atoms with Gasteiger partial charge in [0.25, 0.3) is 11.8 Å². The molecule has 0 atom stereocenters. The summed E-state index contributed by atoms with van der Waals surface area (Å²) in [7, 11) is 0. The maximum atomic E-state index is 14.3. The van der Waals surface area contributed by atoms with Crippen LogP contribution in [-0.4, -0.2) is 29.9 Å². The van der Waals surface area contributed by atoms with Gasteiger partial charge in [0.2, 0.25) is 5.69 Å². The Bertz CT molecular complexity index is 1460. The molecular formula is C50H77N2O4+. The van der Waals surface area contributed by atoms with Crippen LogP contribution in [0.3, 0.4) is 0 Å². The second-order valence-electron chi connectivity index (χ2n) is 15.7. The van der Waals surface area contributed by atoms with E-state index in [0.29, 0.717) is 35.8 Å². The minimum atomic E-state index is -0.354. The van der Waals surface area contributed by atoms with Gasteiger partial charge in [-0.15, -0.1) is 0 Å². The summed E-state index contributed by atoms with van der Waals surface area (Å²) in [5.74, 6) is 0.561. The Balaban J connectivity index is 1.60. The fraction of sp³-hybridized carbons (Fsp3) is 0.620. The zero-order chi connectivity index (χ0) is 39.9. The number of aryl methyl sites for hydroxylation is 1. The molecule has 1 heterocycles. The van der Waals surface area contributed by atoms with Gasteiger partial charge in [-0.3, -0.25) is 14.5 Å². The van der Waals surface area contributed by atoms with Crippen molar-refractivity contribution in [2.45, 2.75) is 188 Å². The number of carbonyl (C=O) groups is 2. The maximum Gasteiger partial charge on any atom is 0.261 e. The van der Waals surface area contributed by atoms with E-state index in [1.807, 2.05) is 48.7 Å². The number of hydrogen-bond acceptors (Lipinski definition) is 4. The molecule has 0 aliphatic heterocycles. The minimum Gasteiger partial charge on any atom is -0.490 e. The van der Waals surface area contributed by atoms with E-state index in [9.17, 15) is 9.59 Å². The Morgan fingerprint density at radius 3 is 1.43 bits per heavy atom. The summed E-state index contributed by atoms with van der Waals surface area (Å²) in [5.41, 5.74) is 1.78. The number of benzene rings is 2. The second kappa shape index (κ2) is 30.5. The van der Waals surface area contributed by atoms with Crippen LogP contribution in [0, 0.1) is 0 Å². The zero-order valence-corrected chi connectivity index (χ0v) is 35.8. The Kier molecular flexibility index (Phi) is 25.4. The summed E-state index contributed by atoms with van der Waals surface area (Å²) >= 11 is 0. The van der Waals surface area contributed by atoms with Crippen LogP contribution in [0.4, 0.5) is 0 Å². The number of amides is 2. The van der Waals surface area contributed by atoms with Crippen LogP contribution in [0.2, 0.25) is 0 Å². The molecule has 3 rings (SSSR count). The molecule has 1 aromatic heterocycles. The molecule has 0 spiro atoms. The minimum absolute atomic E-state index is 0.160. The summed E-state index contributed by atoms with van der Waals surface area (Å²) in [4.78, 5) is 29.6. The van der Waals surface area contributed by atoms with Gasteiger partial charge in [-0.25, -0.2) is 4.57 Å². The van der Waals surface area contributed by atoms with Gasteiger partial charge in [-0.05, 0) is 50.1 Å². The summed E-state index contributed by atoms with van der Waals surface area (Å²) in [6.07, 6.45) is 33.0. The van der Waals surface area contributed by atoms with Crippen molar-refractivity contribution in [1.29, 1.82) is 0 Å². The number of pyridine rings is 1. The molecule has 0 unspecified atom stereocenters. The van der Waals surface area contributed by atoms with Gasteiger partial charge in [-0.1, -0.05) is 179 Å². The van der Waals surface area contributed by atoms with Crippen molar-refractivity contribution in [3.63, 3.8) is 0 Å². The first-order valence-electron chi connectivity index (χ1n) is 22.9. The maximum absolute atomic E-state index is 14.3. The fourth-order valence-corrected chi connectivity index (χ4v) is 7.38. The Hall–Kier alpha value is -3.67. The van der Waals surface area contributed by atoms with Gasteiger partial charge in [0.1, 0.15) is 13.1 Å². The highest BCUT2D eigenvalue weighted by molar-refractivity contribution is 6.10. The molecule has 0 bridgehead atoms. The Morgan fingerprint density at radius 2 is 0.929 bits per heavy atom. The van der Waals surface area contributed by atoms with Crippen LogP contribution in [0.1, 0.15) is 201 Å². The number of unbranched alkanes of at least 4 members (excludes halogenated alkanes) is 22. The number of aromatic nitrogens is 1. The molecule has 0 saturated carbocycles. The van der Waals surface area contributed by atoms with E-state index in [1.54, 1.807) is 24.3 Å². The normalized spacial score (nSPS) is 11.1. The van der Waals surface area contributed by atoms with Gasteiger partial charge in [0.05, 0.1) is 13.2 Å². The third kappa shape index (κ3) is 19.0. The Labute approximate surface area is 341 Å². The summed E-state index contributed by atoms with van der Waals surface area (Å²) in [6, 6.07) is 20.4. The first-order valence-corrected chi connectivity index (χ1v) is 22.9. The molecular weight excluding hydrogens is 693 g/mol. The highest BCUT2D eigenvalue weighted by Gasteiger charge is 2.28. The molecule has 56 heavy (non-hydrogen) atoms. The van der Waals surface area contributed by atoms with E-state index < -0.39 is 0 Å². The number of imide groups is 1. The molecule has 310 valence electrons. The molecule has 2 amide bonds. The number of nitrogens with zero attached hydrogens (tertiary/aromatic N) is 2. The smallest absolute Gasteiger partial charge is 0.261 e. The molecule has 0 aliphatic rings. The van der Waals surface area contributed by atoms with Crippen molar-refractivity contribution in [3.8, 4) is 11.5 Å². The molecule has 6 heteroatoms. The van der Waals surface area contributed by atoms with Crippen LogP contribution in [0.5, 0.6) is 11.5 Å². The van der Waals surface area contributed by atoms with E-state index in [2.05, 4.69) is 25.3 Å². The van der Waals surface area contributed by atoms with Crippen molar-refractivity contribution >= 4 is 11.8 Å². The fourth-order valence-electron chi connectivity index (χ4n) is 7.38. The quantitative estimate of drug-likeness (QED) is 0.0352. The SMILES string of the molecule is CCCCCCCCCCCCCCOc1ccc(C(=O)N(Cc2cccc[n+]2CC)C(=O)c2ccccc2)cc1OCCCCCCCCCCCCCC. The Morgan fingerprint density at radius 1 is 0.482 bits per heavy atom. The lowest BCUT2D eigenvalue weighted by Gasteiger charge is -2.21. The van der Waals surface area contributed by atoms with Crippen molar-refractivity contribution < 1.29 is 23.6 Å². The number of hydrogen-bond donors (Lipinski definition) is 0. The molecule has 0 saturated heterocycles. The molecule has 0 N–H and O–H groups in total. The lowest BCUT2D eigenvalue weighted by atomic mass is 10.1. The lowest BCUT2D eigenvalue weighted by Crippen LogP contribution is -2.43. The van der Waals surface area contributed by atoms with E-state index >= 15 is 0 Å². The standard InChI is InChI=1S/C50H77N2O4/c1-4-7-9-11-13-15-17-19-21-23-25-32-40-55-47-38-37-45(42-48(47)56-41-33-26-24-22-20-18-16-14-12-10-8-5-2)50(54)52(49(53)44-34-28-27-29-35-44)43-46-36-30-31-39-51(46)6-3/h27-31,34-39,42H,4-26,32-33,40-41,43H2,1-3H3/q+1. The number of ether oxygens (including phenoxy) is 2. The average Bonchev–Trinajstić information content (AvgIpc) is 3.23. The van der Waals surface area contributed by atoms with E-state index in [4.69, 9.17) is 9.47 Å². The average molecular weight is 770 g/mol. The van der Waals surface area contributed by atoms with Crippen LogP contribution >= 0.6 is 0 Å². The van der Waals surface area contributed by atoms with Crippen molar-refractivity contribution in [3.05, 3.63) is 89.7 Å². The van der Waals surface area contributed by atoms with Gasteiger partial charge in [0.15, 0.2) is 17.7 Å². The summed E-state index contributed by atoms with van der Waals surface area (Å²) in [5, 5.41) is 0. The highest BCUT2D eigenvalue weighted by Crippen LogP contribution is 2.30.